The minimum Gasteiger partial charge on any atom is -0.442 e. The molecule has 2 heterocycles. The summed E-state index contributed by atoms with van der Waals surface area (Å²) >= 11 is 0. The number of aliphatic imine (C=N–C) groups is 2. The monoisotopic (exact) mass is 374 g/mol. The van der Waals surface area contributed by atoms with E-state index in [1.165, 1.54) is 64.2 Å². The number of nitrogens with zero attached hydrogens (tertiary/aromatic N) is 2. The van der Waals surface area contributed by atoms with Gasteiger partial charge in [0, 0.05) is 11.8 Å². The lowest BCUT2D eigenvalue weighted by atomic mass is 9.88. The molecule has 2 fully saturated rings. The molecule has 2 aromatic rings. The Morgan fingerprint density at radius 2 is 1.00 bits per heavy atom. The molecule has 2 aromatic carbocycles. The van der Waals surface area contributed by atoms with Crippen molar-refractivity contribution in [1.29, 1.82) is 0 Å². The summed E-state index contributed by atoms with van der Waals surface area (Å²) in [6, 6.07) is 8.35. The maximum absolute atomic E-state index is 6.31. The SMILES string of the molecule is c1cc2c3c(ccc4c3c1N=C(C1CCCCC1)O4)N=C(C1CCCCC1)O2. The Kier molecular flexibility index (Phi) is 3.91. The highest BCUT2D eigenvalue weighted by atomic mass is 16.5. The van der Waals surface area contributed by atoms with Gasteiger partial charge in [0.1, 0.15) is 11.5 Å². The van der Waals surface area contributed by atoms with Gasteiger partial charge in [0.05, 0.1) is 22.1 Å². The van der Waals surface area contributed by atoms with Gasteiger partial charge in [0.25, 0.3) is 0 Å². The molecule has 144 valence electrons. The molecule has 0 unspecified atom stereocenters. The van der Waals surface area contributed by atoms with E-state index in [-0.39, 0.29) is 0 Å². The molecular formula is C24H26N2O2. The van der Waals surface area contributed by atoms with Gasteiger partial charge in [-0.2, -0.15) is 0 Å². The van der Waals surface area contributed by atoms with Crippen LogP contribution in [-0.2, 0) is 0 Å². The highest BCUT2D eigenvalue weighted by Gasteiger charge is 2.30. The zero-order chi connectivity index (χ0) is 18.5. The van der Waals surface area contributed by atoms with Crippen molar-refractivity contribution >= 4 is 33.9 Å². The van der Waals surface area contributed by atoms with Crippen LogP contribution < -0.4 is 9.47 Å². The third-order valence-corrected chi connectivity index (χ3v) is 6.84. The van der Waals surface area contributed by atoms with E-state index >= 15 is 0 Å². The molecule has 0 N–H and O–H groups in total. The number of hydrogen-bond donors (Lipinski definition) is 0. The van der Waals surface area contributed by atoms with Crippen molar-refractivity contribution in [3.05, 3.63) is 24.3 Å². The van der Waals surface area contributed by atoms with Gasteiger partial charge in [-0.15, -0.1) is 0 Å². The van der Waals surface area contributed by atoms with Crippen molar-refractivity contribution in [2.24, 2.45) is 21.8 Å². The fourth-order valence-electron chi connectivity index (χ4n) is 5.31. The highest BCUT2D eigenvalue weighted by molar-refractivity contribution is 6.13. The molecule has 28 heavy (non-hydrogen) atoms. The second kappa shape index (κ2) is 6.61. The molecule has 4 heteroatoms. The summed E-state index contributed by atoms with van der Waals surface area (Å²) in [6.45, 7) is 0. The quantitative estimate of drug-likeness (QED) is 0.577. The van der Waals surface area contributed by atoms with Crippen LogP contribution in [0.25, 0.3) is 10.8 Å². The molecule has 4 aliphatic rings. The lowest BCUT2D eigenvalue weighted by Crippen LogP contribution is -2.25. The van der Waals surface area contributed by atoms with Crippen molar-refractivity contribution in [2.45, 2.75) is 64.2 Å². The minimum absolute atomic E-state index is 0.455. The smallest absolute Gasteiger partial charge is 0.198 e. The standard InChI is InChI=1S/C24H26N2O2/c1-3-7-15(8-4-1)23-25-17-11-14-20-22-18(12-13-19(27-23)21(17)22)26-24(28-20)16-9-5-2-6-10-16/h11-16H,1-10H2. The first-order valence-electron chi connectivity index (χ1n) is 11.0. The van der Waals surface area contributed by atoms with E-state index in [4.69, 9.17) is 19.5 Å². The van der Waals surface area contributed by atoms with E-state index < -0.39 is 0 Å². The first-order chi connectivity index (χ1) is 13.9. The fraction of sp³-hybridized carbons (Fsp3) is 0.500. The molecule has 0 saturated heterocycles. The summed E-state index contributed by atoms with van der Waals surface area (Å²) in [5.41, 5.74) is 2.00. The second-order valence-corrected chi connectivity index (χ2v) is 8.69. The average molecular weight is 374 g/mol. The van der Waals surface area contributed by atoms with Crippen LogP contribution in [0.15, 0.2) is 34.3 Å². The first-order valence-corrected chi connectivity index (χ1v) is 11.0. The van der Waals surface area contributed by atoms with Gasteiger partial charge in [0.2, 0.25) is 0 Å². The van der Waals surface area contributed by atoms with Gasteiger partial charge in [-0.25, -0.2) is 9.98 Å². The Morgan fingerprint density at radius 1 is 0.571 bits per heavy atom. The van der Waals surface area contributed by atoms with Crippen LogP contribution in [0, 0.1) is 11.8 Å². The summed E-state index contributed by atoms with van der Waals surface area (Å²) in [4.78, 5) is 9.85. The maximum atomic E-state index is 6.31. The van der Waals surface area contributed by atoms with E-state index in [0.717, 1.165) is 45.4 Å². The van der Waals surface area contributed by atoms with E-state index in [1.54, 1.807) is 0 Å². The van der Waals surface area contributed by atoms with Crippen molar-refractivity contribution in [3.8, 4) is 11.5 Å². The molecule has 2 saturated carbocycles. The van der Waals surface area contributed by atoms with Crippen LogP contribution in [0.3, 0.4) is 0 Å². The van der Waals surface area contributed by atoms with Crippen LogP contribution in [0.4, 0.5) is 11.4 Å². The number of hydrogen-bond acceptors (Lipinski definition) is 4. The average Bonchev–Trinajstić information content (AvgIpc) is 2.78. The van der Waals surface area contributed by atoms with E-state index in [9.17, 15) is 0 Å². The fourth-order valence-corrected chi connectivity index (χ4v) is 5.31. The van der Waals surface area contributed by atoms with Crippen LogP contribution >= 0.6 is 0 Å². The molecule has 0 bridgehead atoms. The molecule has 0 aromatic heterocycles. The molecule has 2 aliphatic carbocycles. The lowest BCUT2D eigenvalue weighted by Gasteiger charge is -2.29. The number of benzene rings is 2. The Morgan fingerprint density at radius 3 is 1.43 bits per heavy atom. The van der Waals surface area contributed by atoms with Crippen molar-refractivity contribution < 1.29 is 9.47 Å². The molecular weight excluding hydrogens is 348 g/mol. The first kappa shape index (κ1) is 16.6. The molecule has 0 atom stereocenters. The third-order valence-electron chi connectivity index (χ3n) is 6.84. The Balaban J connectivity index is 1.43. The van der Waals surface area contributed by atoms with Gasteiger partial charge in [-0.3, -0.25) is 0 Å². The lowest BCUT2D eigenvalue weighted by molar-refractivity contribution is 0.385. The van der Waals surface area contributed by atoms with E-state index in [2.05, 4.69) is 24.3 Å². The summed E-state index contributed by atoms with van der Waals surface area (Å²) in [6.07, 6.45) is 12.5. The number of ether oxygens (including phenoxy) is 2. The van der Waals surface area contributed by atoms with E-state index in [1.807, 2.05) is 0 Å². The zero-order valence-electron chi connectivity index (χ0n) is 16.2. The molecule has 0 amide bonds. The van der Waals surface area contributed by atoms with E-state index in [0.29, 0.717) is 11.8 Å². The Hall–Kier alpha value is -2.36. The molecule has 0 radical (unpaired) electrons. The Labute approximate surface area is 165 Å². The van der Waals surface area contributed by atoms with Crippen molar-refractivity contribution in [3.63, 3.8) is 0 Å². The van der Waals surface area contributed by atoms with Gasteiger partial charge in [0.15, 0.2) is 11.8 Å². The predicted octanol–water partition coefficient (Wildman–Crippen LogP) is 6.85. The predicted molar refractivity (Wildman–Crippen MR) is 113 cm³/mol. The minimum atomic E-state index is 0.455. The summed E-state index contributed by atoms with van der Waals surface area (Å²) in [5, 5.41) is 2.11. The largest absolute Gasteiger partial charge is 0.442 e. The molecule has 0 spiro atoms. The van der Waals surface area contributed by atoms with Crippen LogP contribution in [0.2, 0.25) is 0 Å². The Bertz CT molecular complexity index is 914. The molecule has 4 nitrogen and oxygen atoms in total. The van der Waals surface area contributed by atoms with Crippen molar-refractivity contribution in [1.82, 2.24) is 0 Å². The normalized spacial score (nSPS) is 22.3. The van der Waals surface area contributed by atoms with Crippen LogP contribution in [0.5, 0.6) is 11.5 Å². The maximum Gasteiger partial charge on any atom is 0.198 e. The summed E-state index contributed by atoms with van der Waals surface area (Å²) < 4.78 is 12.6. The van der Waals surface area contributed by atoms with Crippen LogP contribution in [0.1, 0.15) is 64.2 Å². The van der Waals surface area contributed by atoms with Gasteiger partial charge in [-0.1, -0.05) is 38.5 Å². The van der Waals surface area contributed by atoms with Gasteiger partial charge < -0.3 is 9.47 Å². The van der Waals surface area contributed by atoms with Crippen molar-refractivity contribution in [2.75, 3.05) is 0 Å². The zero-order valence-corrected chi connectivity index (χ0v) is 16.2. The topological polar surface area (TPSA) is 43.2 Å². The van der Waals surface area contributed by atoms with Crippen LogP contribution in [-0.4, -0.2) is 11.8 Å². The third kappa shape index (κ3) is 2.65. The van der Waals surface area contributed by atoms with Gasteiger partial charge >= 0.3 is 0 Å². The summed E-state index contributed by atoms with van der Waals surface area (Å²) in [7, 11) is 0. The second-order valence-electron chi connectivity index (χ2n) is 8.69. The molecule has 2 aliphatic heterocycles. The molecule has 6 rings (SSSR count). The van der Waals surface area contributed by atoms with Gasteiger partial charge in [-0.05, 0) is 49.9 Å². The highest BCUT2D eigenvalue weighted by Crippen LogP contribution is 2.49. The summed E-state index contributed by atoms with van der Waals surface area (Å²) in [5.74, 6) is 4.53. The number of rotatable bonds is 2.